The van der Waals surface area contributed by atoms with Crippen molar-refractivity contribution in [1.29, 1.82) is 0 Å². The van der Waals surface area contributed by atoms with Crippen molar-refractivity contribution in [3.05, 3.63) is 53.9 Å². The van der Waals surface area contributed by atoms with E-state index in [0.29, 0.717) is 18.1 Å². The molecule has 1 heterocycles. The van der Waals surface area contributed by atoms with Gasteiger partial charge in [-0.15, -0.1) is 0 Å². The van der Waals surface area contributed by atoms with Crippen molar-refractivity contribution in [3.8, 4) is 5.75 Å². The van der Waals surface area contributed by atoms with E-state index in [1.165, 1.54) is 5.56 Å². The zero-order chi connectivity index (χ0) is 14.4. The number of pyridine rings is 1. The zero-order valence-electron chi connectivity index (χ0n) is 11.3. The first-order valence-corrected chi connectivity index (χ1v) is 6.75. The molecule has 20 heavy (non-hydrogen) atoms. The fourth-order valence-corrected chi connectivity index (χ4v) is 1.99. The van der Waals surface area contributed by atoms with Gasteiger partial charge in [-0.3, -0.25) is 4.98 Å². The summed E-state index contributed by atoms with van der Waals surface area (Å²) in [6.07, 6.45) is 3.38. The number of rotatable bonds is 6. The standard InChI is InChI=1S/C15H17N3OS/c1-11-3-2-4-12(9-11)19-8-7-18-14-10-17-6-5-13(14)15(16)20/h2-6,9-10,18H,7-8H2,1H3,(H2,16,20). The Morgan fingerprint density at radius 2 is 2.25 bits per heavy atom. The van der Waals surface area contributed by atoms with Gasteiger partial charge in [0.05, 0.1) is 11.9 Å². The highest BCUT2D eigenvalue weighted by molar-refractivity contribution is 7.80. The van der Waals surface area contributed by atoms with Gasteiger partial charge >= 0.3 is 0 Å². The molecule has 2 rings (SSSR count). The predicted molar refractivity (Wildman–Crippen MR) is 85.3 cm³/mol. The van der Waals surface area contributed by atoms with Crippen LogP contribution in [0.25, 0.3) is 0 Å². The zero-order valence-corrected chi connectivity index (χ0v) is 12.1. The SMILES string of the molecule is Cc1cccc(OCCNc2cnccc2C(N)=S)c1. The topological polar surface area (TPSA) is 60.2 Å². The van der Waals surface area contributed by atoms with Crippen LogP contribution in [0.3, 0.4) is 0 Å². The number of benzene rings is 1. The van der Waals surface area contributed by atoms with E-state index >= 15 is 0 Å². The number of thiocarbonyl (C=S) groups is 1. The summed E-state index contributed by atoms with van der Waals surface area (Å²) in [5, 5.41) is 3.22. The van der Waals surface area contributed by atoms with Crippen LogP contribution >= 0.6 is 12.2 Å². The summed E-state index contributed by atoms with van der Waals surface area (Å²) in [6.45, 7) is 3.24. The Balaban J connectivity index is 1.86. The van der Waals surface area contributed by atoms with Crippen LogP contribution in [0.15, 0.2) is 42.7 Å². The van der Waals surface area contributed by atoms with Crippen LogP contribution in [-0.4, -0.2) is 23.1 Å². The Hall–Kier alpha value is -2.14. The Labute approximate surface area is 124 Å². The summed E-state index contributed by atoms with van der Waals surface area (Å²) in [5.74, 6) is 0.868. The van der Waals surface area contributed by atoms with Crippen LogP contribution in [0.1, 0.15) is 11.1 Å². The molecule has 0 saturated carbocycles. The lowest BCUT2D eigenvalue weighted by Crippen LogP contribution is -2.17. The maximum atomic E-state index is 5.66. The largest absolute Gasteiger partial charge is 0.492 e. The third-order valence-corrected chi connectivity index (χ3v) is 2.98. The van der Waals surface area contributed by atoms with Crippen LogP contribution in [0, 0.1) is 6.92 Å². The molecule has 104 valence electrons. The van der Waals surface area contributed by atoms with Crippen molar-refractivity contribution in [1.82, 2.24) is 4.98 Å². The summed E-state index contributed by atoms with van der Waals surface area (Å²) in [6, 6.07) is 9.76. The molecule has 0 spiro atoms. The Kier molecular flexibility index (Phi) is 4.90. The summed E-state index contributed by atoms with van der Waals surface area (Å²) in [5.41, 5.74) is 8.46. The average molecular weight is 287 g/mol. The van der Waals surface area contributed by atoms with Crippen molar-refractivity contribution < 1.29 is 4.74 Å². The molecule has 0 amide bonds. The number of hydrogen-bond acceptors (Lipinski definition) is 4. The van der Waals surface area contributed by atoms with Gasteiger partial charge in [-0.1, -0.05) is 24.4 Å². The molecule has 5 heteroatoms. The Morgan fingerprint density at radius 3 is 3.00 bits per heavy atom. The first-order chi connectivity index (χ1) is 9.66. The lowest BCUT2D eigenvalue weighted by molar-refractivity contribution is 0.332. The molecule has 0 unspecified atom stereocenters. The van der Waals surface area contributed by atoms with E-state index in [1.54, 1.807) is 18.5 Å². The highest BCUT2D eigenvalue weighted by Gasteiger charge is 2.04. The van der Waals surface area contributed by atoms with Gasteiger partial charge in [0, 0.05) is 18.3 Å². The van der Waals surface area contributed by atoms with Crippen molar-refractivity contribution in [3.63, 3.8) is 0 Å². The summed E-state index contributed by atoms with van der Waals surface area (Å²) < 4.78 is 5.66. The number of nitrogens with zero attached hydrogens (tertiary/aromatic N) is 1. The fourth-order valence-electron chi connectivity index (χ4n) is 1.81. The number of aromatic nitrogens is 1. The van der Waals surface area contributed by atoms with E-state index < -0.39 is 0 Å². The first kappa shape index (κ1) is 14.3. The van der Waals surface area contributed by atoms with Gasteiger partial charge in [0.15, 0.2) is 0 Å². The van der Waals surface area contributed by atoms with Crippen molar-refractivity contribution in [2.24, 2.45) is 5.73 Å². The normalized spacial score (nSPS) is 10.1. The van der Waals surface area contributed by atoms with Gasteiger partial charge < -0.3 is 15.8 Å². The number of ether oxygens (including phenoxy) is 1. The molecule has 0 saturated heterocycles. The molecule has 0 aliphatic heterocycles. The van der Waals surface area contributed by atoms with E-state index in [0.717, 1.165) is 17.0 Å². The minimum Gasteiger partial charge on any atom is -0.492 e. The van der Waals surface area contributed by atoms with Crippen LogP contribution in [0.4, 0.5) is 5.69 Å². The van der Waals surface area contributed by atoms with E-state index in [4.69, 9.17) is 22.7 Å². The molecule has 1 aromatic carbocycles. The number of nitrogens with two attached hydrogens (primary N) is 1. The molecule has 0 fully saturated rings. The van der Waals surface area contributed by atoms with Gasteiger partial charge in [0.25, 0.3) is 0 Å². The molecule has 3 N–H and O–H groups in total. The van der Waals surface area contributed by atoms with Crippen molar-refractivity contribution in [2.45, 2.75) is 6.92 Å². The number of nitrogens with one attached hydrogen (secondary N) is 1. The second kappa shape index (κ2) is 6.86. The van der Waals surface area contributed by atoms with Crippen LogP contribution in [0.5, 0.6) is 5.75 Å². The van der Waals surface area contributed by atoms with Gasteiger partial charge in [-0.25, -0.2) is 0 Å². The fraction of sp³-hybridized carbons (Fsp3) is 0.200. The molecule has 0 bridgehead atoms. The van der Waals surface area contributed by atoms with E-state index in [9.17, 15) is 0 Å². The molecule has 4 nitrogen and oxygen atoms in total. The van der Waals surface area contributed by atoms with Crippen molar-refractivity contribution in [2.75, 3.05) is 18.5 Å². The van der Waals surface area contributed by atoms with Crippen LogP contribution in [-0.2, 0) is 0 Å². The predicted octanol–water partition coefficient (Wildman–Crippen LogP) is 2.52. The average Bonchev–Trinajstić information content (AvgIpc) is 2.44. The quantitative estimate of drug-likeness (QED) is 0.631. The summed E-state index contributed by atoms with van der Waals surface area (Å²) in [4.78, 5) is 4.41. The molecule has 0 atom stereocenters. The molecule has 0 radical (unpaired) electrons. The van der Waals surface area contributed by atoms with E-state index in [1.807, 2.05) is 31.2 Å². The number of aryl methyl sites for hydroxylation is 1. The molecular weight excluding hydrogens is 270 g/mol. The monoisotopic (exact) mass is 287 g/mol. The lowest BCUT2D eigenvalue weighted by atomic mass is 10.2. The number of anilines is 1. The molecule has 0 aliphatic rings. The van der Waals surface area contributed by atoms with Gasteiger partial charge in [0.2, 0.25) is 0 Å². The molecule has 2 aromatic rings. The highest BCUT2D eigenvalue weighted by Crippen LogP contribution is 2.14. The van der Waals surface area contributed by atoms with Gasteiger partial charge in [0.1, 0.15) is 17.3 Å². The highest BCUT2D eigenvalue weighted by atomic mass is 32.1. The van der Waals surface area contributed by atoms with E-state index in [-0.39, 0.29) is 0 Å². The van der Waals surface area contributed by atoms with E-state index in [2.05, 4.69) is 10.3 Å². The third kappa shape index (κ3) is 3.93. The van der Waals surface area contributed by atoms with Gasteiger partial charge in [-0.2, -0.15) is 0 Å². The van der Waals surface area contributed by atoms with Gasteiger partial charge in [-0.05, 0) is 30.7 Å². The third-order valence-electron chi connectivity index (χ3n) is 2.76. The van der Waals surface area contributed by atoms with Crippen LogP contribution < -0.4 is 15.8 Å². The maximum Gasteiger partial charge on any atom is 0.119 e. The summed E-state index contributed by atoms with van der Waals surface area (Å²) >= 11 is 5.00. The molecule has 0 aliphatic carbocycles. The van der Waals surface area contributed by atoms with Crippen molar-refractivity contribution >= 4 is 22.9 Å². The second-order valence-electron chi connectivity index (χ2n) is 4.38. The summed E-state index contributed by atoms with van der Waals surface area (Å²) in [7, 11) is 0. The maximum absolute atomic E-state index is 5.66. The Morgan fingerprint density at radius 1 is 1.40 bits per heavy atom. The second-order valence-corrected chi connectivity index (χ2v) is 4.82. The smallest absolute Gasteiger partial charge is 0.119 e. The molecule has 1 aromatic heterocycles. The van der Waals surface area contributed by atoms with Crippen LogP contribution in [0.2, 0.25) is 0 Å². The Bertz CT molecular complexity index is 601. The first-order valence-electron chi connectivity index (χ1n) is 6.34. The minimum atomic E-state index is 0.356. The molecular formula is C15H17N3OS. The minimum absolute atomic E-state index is 0.356. The number of hydrogen-bond donors (Lipinski definition) is 2. The lowest BCUT2D eigenvalue weighted by Gasteiger charge is -2.11.